The van der Waals surface area contributed by atoms with Gasteiger partial charge in [-0.15, -0.1) is 0 Å². The average molecular weight is 492 g/mol. The topological polar surface area (TPSA) is 75.9 Å². The molecule has 0 spiro atoms. The molecule has 4 rings (SSSR count). The van der Waals surface area contributed by atoms with Crippen molar-refractivity contribution < 1.29 is 23.1 Å². The van der Waals surface area contributed by atoms with Crippen LogP contribution in [0.5, 0.6) is 5.75 Å². The van der Waals surface area contributed by atoms with E-state index < -0.39 is 5.91 Å². The fourth-order valence-corrected chi connectivity index (χ4v) is 4.21. The van der Waals surface area contributed by atoms with Crippen LogP contribution in [0, 0.1) is 11.6 Å². The minimum absolute atomic E-state index is 0.0937. The van der Waals surface area contributed by atoms with Crippen molar-refractivity contribution in [2.75, 3.05) is 32.8 Å². The lowest BCUT2D eigenvalue weighted by Gasteiger charge is -2.39. The predicted molar refractivity (Wildman–Crippen MR) is 133 cm³/mol. The Morgan fingerprint density at radius 2 is 1.36 bits per heavy atom. The van der Waals surface area contributed by atoms with Crippen molar-refractivity contribution >= 4 is 17.9 Å². The van der Waals surface area contributed by atoms with Crippen LogP contribution in [-0.4, -0.2) is 54.4 Å². The largest absolute Gasteiger partial charge is 0.484 e. The van der Waals surface area contributed by atoms with Crippen LogP contribution in [0.2, 0.25) is 0 Å². The van der Waals surface area contributed by atoms with Gasteiger partial charge in [-0.25, -0.2) is 8.78 Å². The number of primary amides is 1. The minimum atomic E-state index is -0.550. The van der Waals surface area contributed by atoms with Gasteiger partial charge in [-0.3, -0.25) is 14.5 Å². The van der Waals surface area contributed by atoms with Crippen molar-refractivity contribution in [2.45, 2.75) is 6.04 Å². The zero-order valence-corrected chi connectivity index (χ0v) is 19.6. The highest BCUT2D eigenvalue weighted by molar-refractivity contribution is 5.91. The second-order valence-corrected chi connectivity index (χ2v) is 8.52. The van der Waals surface area contributed by atoms with Crippen LogP contribution in [-0.2, 0) is 9.59 Å². The molecule has 0 atom stereocenters. The number of amides is 2. The highest BCUT2D eigenvalue weighted by Gasteiger charge is 2.27. The third-order valence-electron chi connectivity index (χ3n) is 6.04. The summed E-state index contributed by atoms with van der Waals surface area (Å²) in [4.78, 5) is 27.6. The van der Waals surface area contributed by atoms with Gasteiger partial charge in [0.25, 0.3) is 5.91 Å². The fraction of sp³-hybridized carbons (Fsp3) is 0.214. The number of hydrogen-bond donors (Lipinski definition) is 1. The first kappa shape index (κ1) is 25.1. The van der Waals surface area contributed by atoms with E-state index in [1.54, 1.807) is 59.5 Å². The van der Waals surface area contributed by atoms with Crippen LogP contribution in [0.15, 0.2) is 78.9 Å². The van der Waals surface area contributed by atoms with E-state index in [0.717, 1.165) is 16.7 Å². The van der Waals surface area contributed by atoms with Crippen molar-refractivity contribution in [1.29, 1.82) is 0 Å². The summed E-state index contributed by atoms with van der Waals surface area (Å²) in [6.45, 7) is 2.10. The van der Waals surface area contributed by atoms with Gasteiger partial charge in [-0.1, -0.05) is 36.4 Å². The SMILES string of the molecule is NC(=O)COc1ccc(/C=C/C(=O)N2CCN(C(c3ccc(F)cc3)c3ccc(F)cc3)CC2)cc1. The summed E-state index contributed by atoms with van der Waals surface area (Å²) < 4.78 is 32.3. The maximum Gasteiger partial charge on any atom is 0.255 e. The Labute approximate surface area is 208 Å². The lowest BCUT2D eigenvalue weighted by Crippen LogP contribution is -2.49. The highest BCUT2D eigenvalue weighted by atomic mass is 19.1. The molecule has 0 saturated carbocycles. The Hall–Kier alpha value is -4.04. The second-order valence-electron chi connectivity index (χ2n) is 8.52. The van der Waals surface area contributed by atoms with Crippen molar-refractivity contribution in [1.82, 2.24) is 9.80 Å². The zero-order valence-electron chi connectivity index (χ0n) is 19.6. The predicted octanol–water partition coefficient (Wildman–Crippen LogP) is 3.78. The summed E-state index contributed by atoms with van der Waals surface area (Å²) in [5, 5.41) is 0. The molecule has 6 nitrogen and oxygen atoms in total. The molecule has 0 unspecified atom stereocenters. The number of hydrogen-bond acceptors (Lipinski definition) is 4. The number of ether oxygens (including phenoxy) is 1. The molecular formula is C28H27F2N3O3. The molecule has 186 valence electrons. The molecule has 36 heavy (non-hydrogen) atoms. The molecular weight excluding hydrogens is 464 g/mol. The molecule has 0 aromatic heterocycles. The van der Waals surface area contributed by atoms with E-state index in [2.05, 4.69) is 4.90 Å². The number of halogens is 2. The van der Waals surface area contributed by atoms with E-state index in [9.17, 15) is 18.4 Å². The number of carbonyl (C=O) groups excluding carboxylic acids is 2. The molecule has 3 aromatic carbocycles. The van der Waals surface area contributed by atoms with Crippen LogP contribution in [0.3, 0.4) is 0 Å². The number of carbonyl (C=O) groups is 2. The van der Waals surface area contributed by atoms with Crippen molar-refractivity contribution in [2.24, 2.45) is 5.73 Å². The number of piperazine rings is 1. The second kappa shape index (κ2) is 11.6. The first-order valence-corrected chi connectivity index (χ1v) is 11.6. The van der Waals surface area contributed by atoms with Gasteiger partial charge in [0.2, 0.25) is 5.91 Å². The first-order valence-electron chi connectivity index (χ1n) is 11.6. The number of nitrogens with zero attached hydrogens (tertiary/aromatic N) is 2. The van der Waals surface area contributed by atoms with Crippen LogP contribution >= 0.6 is 0 Å². The number of benzene rings is 3. The van der Waals surface area contributed by atoms with E-state index in [-0.39, 0.29) is 30.2 Å². The van der Waals surface area contributed by atoms with E-state index in [0.29, 0.717) is 31.9 Å². The molecule has 3 aromatic rings. The van der Waals surface area contributed by atoms with Gasteiger partial charge in [0, 0.05) is 32.3 Å². The van der Waals surface area contributed by atoms with Gasteiger partial charge in [0.05, 0.1) is 6.04 Å². The number of nitrogens with two attached hydrogens (primary N) is 1. The lowest BCUT2D eigenvalue weighted by atomic mass is 9.96. The van der Waals surface area contributed by atoms with Crippen LogP contribution < -0.4 is 10.5 Å². The molecule has 8 heteroatoms. The minimum Gasteiger partial charge on any atom is -0.484 e. The zero-order chi connectivity index (χ0) is 25.5. The normalized spacial score (nSPS) is 14.4. The summed E-state index contributed by atoms with van der Waals surface area (Å²) in [5.41, 5.74) is 7.71. The van der Waals surface area contributed by atoms with Crippen LogP contribution in [0.4, 0.5) is 8.78 Å². The molecule has 1 aliphatic heterocycles. The Balaban J connectivity index is 1.38. The third-order valence-corrected chi connectivity index (χ3v) is 6.04. The van der Waals surface area contributed by atoms with E-state index in [1.165, 1.54) is 30.3 Å². The van der Waals surface area contributed by atoms with Crippen LogP contribution in [0.25, 0.3) is 6.08 Å². The first-order chi connectivity index (χ1) is 17.4. The summed E-state index contributed by atoms with van der Waals surface area (Å²) >= 11 is 0. The lowest BCUT2D eigenvalue weighted by molar-refractivity contribution is -0.127. The van der Waals surface area contributed by atoms with Gasteiger partial charge < -0.3 is 15.4 Å². The van der Waals surface area contributed by atoms with Crippen LogP contribution in [0.1, 0.15) is 22.7 Å². The average Bonchev–Trinajstić information content (AvgIpc) is 2.89. The highest BCUT2D eigenvalue weighted by Crippen LogP contribution is 2.30. The van der Waals surface area contributed by atoms with Crippen molar-refractivity contribution in [3.63, 3.8) is 0 Å². The van der Waals surface area contributed by atoms with Gasteiger partial charge in [0.1, 0.15) is 17.4 Å². The molecule has 0 radical (unpaired) electrons. The van der Waals surface area contributed by atoms with Gasteiger partial charge in [-0.2, -0.15) is 0 Å². The summed E-state index contributed by atoms with van der Waals surface area (Å²) in [7, 11) is 0. The molecule has 1 saturated heterocycles. The molecule has 0 aliphatic carbocycles. The van der Waals surface area contributed by atoms with Crippen molar-refractivity contribution in [3.05, 3.63) is 107 Å². The number of rotatable bonds is 8. The Morgan fingerprint density at radius 1 is 0.833 bits per heavy atom. The third kappa shape index (κ3) is 6.55. The summed E-state index contributed by atoms with van der Waals surface area (Å²) in [5.74, 6) is -0.751. The standard InChI is InChI=1S/C28H27F2N3O3/c29-23-8-4-21(5-9-23)28(22-6-10-24(30)11-7-22)33-17-15-32(16-18-33)27(35)14-3-20-1-12-25(13-2-20)36-19-26(31)34/h1-14,28H,15-19H2,(H2,31,34)/b14-3+. The maximum absolute atomic E-state index is 13.5. The van der Waals surface area contributed by atoms with E-state index in [1.807, 2.05) is 0 Å². The van der Waals surface area contributed by atoms with Gasteiger partial charge in [-0.05, 0) is 59.2 Å². The molecule has 2 amide bonds. The van der Waals surface area contributed by atoms with Crippen molar-refractivity contribution in [3.8, 4) is 5.75 Å². The fourth-order valence-electron chi connectivity index (χ4n) is 4.21. The summed E-state index contributed by atoms with van der Waals surface area (Å²) in [6.07, 6.45) is 3.26. The molecule has 1 aliphatic rings. The van der Waals surface area contributed by atoms with E-state index in [4.69, 9.17) is 10.5 Å². The van der Waals surface area contributed by atoms with Gasteiger partial charge in [0.15, 0.2) is 6.61 Å². The monoisotopic (exact) mass is 491 g/mol. The molecule has 0 bridgehead atoms. The summed E-state index contributed by atoms with van der Waals surface area (Å²) in [6, 6.07) is 19.5. The molecule has 2 N–H and O–H groups in total. The molecule has 1 heterocycles. The Morgan fingerprint density at radius 3 is 1.86 bits per heavy atom. The maximum atomic E-state index is 13.5. The Kier molecular flexibility index (Phi) is 8.07. The van der Waals surface area contributed by atoms with Gasteiger partial charge >= 0.3 is 0 Å². The van der Waals surface area contributed by atoms with E-state index >= 15 is 0 Å². The smallest absolute Gasteiger partial charge is 0.255 e. The molecule has 1 fully saturated rings. The quantitative estimate of drug-likeness (QED) is 0.487. The Bertz CT molecular complexity index is 1160.